The zero-order chi connectivity index (χ0) is 15.7. The third-order valence-electron chi connectivity index (χ3n) is 3.36. The maximum atomic E-state index is 12.8. The fraction of sp³-hybridized carbons (Fsp3) is 0.0588. The van der Waals surface area contributed by atoms with Gasteiger partial charge in [0.2, 0.25) is 5.78 Å². The van der Waals surface area contributed by atoms with E-state index in [1.54, 1.807) is 6.08 Å². The van der Waals surface area contributed by atoms with Gasteiger partial charge in [-0.05, 0) is 41.1 Å². The minimum atomic E-state index is -0.248. The molecule has 0 atom stereocenters. The quantitative estimate of drug-likeness (QED) is 0.396. The predicted molar refractivity (Wildman–Crippen MR) is 93.0 cm³/mol. The average Bonchev–Trinajstić information content (AvgIpc) is 3.06. The monoisotopic (exact) mass is 370 g/mol. The molecule has 1 N–H and O–H groups in total. The predicted octanol–water partition coefficient (Wildman–Crippen LogP) is 5.09. The average molecular weight is 371 g/mol. The van der Waals surface area contributed by atoms with Crippen LogP contribution < -0.4 is 0 Å². The number of nitriles is 1. The van der Waals surface area contributed by atoms with Gasteiger partial charge in [0.05, 0.1) is 5.56 Å². The Morgan fingerprint density at radius 3 is 2.86 bits per heavy atom. The second-order valence-corrected chi connectivity index (χ2v) is 6.70. The molecular weight excluding hydrogens is 360 g/mol. The van der Waals surface area contributed by atoms with Crippen molar-refractivity contribution in [3.63, 3.8) is 0 Å². The molecule has 0 saturated heterocycles. The molecule has 0 fully saturated rings. The summed E-state index contributed by atoms with van der Waals surface area (Å²) in [6, 6.07) is 11.5. The van der Waals surface area contributed by atoms with Crippen molar-refractivity contribution in [3.05, 3.63) is 61.9 Å². The number of fused-ring (bicyclic) bond motifs is 1. The Morgan fingerprint density at radius 2 is 2.18 bits per heavy atom. The Labute approximate surface area is 140 Å². The molecule has 0 aliphatic rings. The largest absolute Gasteiger partial charge is 0.358 e. The fourth-order valence-corrected chi connectivity index (χ4v) is 3.77. The third kappa shape index (κ3) is 2.63. The van der Waals surface area contributed by atoms with Gasteiger partial charge in [-0.1, -0.05) is 18.2 Å². The SMILES string of the molecule is Cc1[nH]c2ccccc2c1C(=O)C(C#N)=Cc1cc(Br)cs1. The van der Waals surface area contributed by atoms with E-state index in [1.165, 1.54) is 11.3 Å². The Bertz CT molecular complexity index is 943. The summed E-state index contributed by atoms with van der Waals surface area (Å²) in [5.41, 5.74) is 2.39. The number of aromatic amines is 1. The summed E-state index contributed by atoms with van der Waals surface area (Å²) in [5, 5.41) is 12.1. The molecule has 0 aliphatic carbocycles. The van der Waals surface area contributed by atoms with Crippen LogP contribution in [0.4, 0.5) is 0 Å². The van der Waals surface area contributed by atoms with E-state index < -0.39 is 0 Å². The van der Waals surface area contributed by atoms with Gasteiger partial charge in [0.1, 0.15) is 11.6 Å². The van der Waals surface area contributed by atoms with Gasteiger partial charge in [-0.2, -0.15) is 5.26 Å². The molecule has 0 unspecified atom stereocenters. The van der Waals surface area contributed by atoms with Gasteiger partial charge in [0.15, 0.2) is 0 Å². The van der Waals surface area contributed by atoms with Crippen LogP contribution in [0.1, 0.15) is 20.9 Å². The normalized spacial score (nSPS) is 11.6. The number of nitrogens with one attached hydrogen (secondary N) is 1. The van der Waals surface area contributed by atoms with Crippen LogP contribution >= 0.6 is 27.3 Å². The maximum absolute atomic E-state index is 12.8. The molecule has 2 heterocycles. The lowest BCUT2D eigenvalue weighted by atomic mass is 10.0. The highest BCUT2D eigenvalue weighted by molar-refractivity contribution is 9.10. The first-order valence-corrected chi connectivity index (χ1v) is 8.25. The van der Waals surface area contributed by atoms with Gasteiger partial charge >= 0.3 is 0 Å². The number of rotatable bonds is 3. The van der Waals surface area contributed by atoms with Crippen molar-refractivity contribution >= 4 is 50.0 Å². The minimum absolute atomic E-state index is 0.141. The molecule has 0 saturated carbocycles. The zero-order valence-electron chi connectivity index (χ0n) is 11.7. The second kappa shape index (κ2) is 5.91. The molecule has 0 bridgehead atoms. The highest BCUT2D eigenvalue weighted by Crippen LogP contribution is 2.27. The molecule has 0 amide bonds. The van der Waals surface area contributed by atoms with Crippen LogP contribution in [0.25, 0.3) is 17.0 Å². The van der Waals surface area contributed by atoms with E-state index in [9.17, 15) is 10.1 Å². The highest BCUT2D eigenvalue weighted by atomic mass is 79.9. The van der Waals surface area contributed by atoms with E-state index in [0.29, 0.717) is 5.56 Å². The molecule has 22 heavy (non-hydrogen) atoms. The number of hydrogen-bond donors (Lipinski definition) is 1. The molecule has 3 nitrogen and oxygen atoms in total. The number of allylic oxidation sites excluding steroid dienone is 1. The molecule has 2 aromatic heterocycles. The first-order chi connectivity index (χ1) is 10.6. The van der Waals surface area contributed by atoms with Crippen molar-refractivity contribution in [2.24, 2.45) is 0 Å². The van der Waals surface area contributed by atoms with Crippen LogP contribution in [0.5, 0.6) is 0 Å². The van der Waals surface area contributed by atoms with Gasteiger partial charge in [0, 0.05) is 31.3 Å². The number of Topliss-reactive ketones (excluding diaryl/α,β-unsaturated/α-hetero) is 1. The number of H-pyrrole nitrogens is 1. The van der Waals surface area contributed by atoms with Gasteiger partial charge < -0.3 is 4.98 Å². The number of ketones is 1. The van der Waals surface area contributed by atoms with Crippen LogP contribution in [0, 0.1) is 18.3 Å². The van der Waals surface area contributed by atoms with Crippen molar-refractivity contribution in [1.29, 1.82) is 5.26 Å². The van der Waals surface area contributed by atoms with E-state index in [4.69, 9.17) is 0 Å². The van der Waals surface area contributed by atoms with Crippen molar-refractivity contribution in [3.8, 4) is 6.07 Å². The number of carbonyl (C=O) groups excluding carboxylic acids is 1. The Kier molecular flexibility index (Phi) is 3.97. The van der Waals surface area contributed by atoms with Crippen molar-refractivity contribution in [1.82, 2.24) is 4.98 Å². The van der Waals surface area contributed by atoms with Crippen LogP contribution in [0.15, 0.2) is 45.8 Å². The summed E-state index contributed by atoms with van der Waals surface area (Å²) in [7, 11) is 0. The smallest absolute Gasteiger partial charge is 0.206 e. The molecule has 0 spiro atoms. The van der Waals surface area contributed by atoms with Gasteiger partial charge in [0.25, 0.3) is 0 Å². The summed E-state index contributed by atoms with van der Waals surface area (Å²) in [6.07, 6.45) is 1.64. The van der Waals surface area contributed by atoms with Crippen molar-refractivity contribution in [2.75, 3.05) is 0 Å². The molecular formula is C17H11BrN2OS. The topological polar surface area (TPSA) is 56.6 Å². The summed E-state index contributed by atoms with van der Waals surface area (Å²) in [5.74, 6) is -0.248. The number of thiophene rings is 1. The molecule has 0 aliphatic heterocycles. The van der Waals surface area contributed by atoms with Crippen LogP contribution in [-0.2, 0) is 0 Å². The molecule has 0 radical (unpaired) electrons. The van der Waals surface area contributed by atoms with Gasteiger partial charge in [-0.3, -0.25) is 4.79 Å². The standard InChI is InChI=1S/C17H11BrN2OS/c1-10-16(14-4-2-3-5-15(14)20-10)17(21)11(8-19)6-13-7-12(18)9-22-13/h2-7,9,20H,1H3. The fourth-order valence-electron chi connectivity index (χ4n) is 2.40. The van der Waals surface area contributed by atoms with Gasteiger partial charge in [-0.25, -0.2) is 0 Å². The maximum Gasteiger partial charge on any atom is 0.206 e. The van der Waals surface area contributed by atoms with E-state index >= 15 is 0 Å². The van der Waals surface area contributed by atoms with Gasteiger partial charge in [-0.15, -0.1) is 11.3 Å². The first-order valence-electron chi connectivity index (χ1n) is 6.58. The number of aromatic nitrogens is 1. The second-order valence-electron chi connectivity index (χ2n) is 4.84. The number of benzene rings is 1. The van der Waals surface area contributed by atoms with E-state index in [0.717, 1.165) is 25.9 Å². The van der Waals surface area contributed by atoms with Crippen LogP contribution in [0.3, 0.4) is 0 Å². The lowest BCUT2D eigenvalue weighted by Gasteiger charge is -1.99. The Balaban J connectivity index is 2.10. The summed E-state index contributed by atoms with van der Waals surface area (Å²) in [4.78, 5) is 16.8. The Morgan fingerprint density at radius 1 is 1.41 bits per heavy atom. The molecule has 5 heteroatoms. The first kappa shape index (κ1) is 14.8. The Hall–Kier alpha value is -2.16. The van der Waals surface area contributed by atoms with Crippen molar-refractivity contribution in [2.45, 2.75) is 6.92 Å². The highest BCUT2D eigenvalue weighted by Gasteiger charge is 2.19. The van der Waals surface area contributed by atoms with E-state index in [-0.39, 0.29) is 11.4 Å². The molecule has 1 aromatic carbocycles. The third-order valence-corrected chi connectivity index (χ3v) is 5.00. The molecule has 3 aromatic rings. The van der Waals surface area contributed by atoms with Crippen LogP contribution in [0.2, 0.25) is 0 Å². The summed E-state index contributed by atoms with van der Waals surface area (Å²) >= 11 is 4.85. The lowest BCUT2D eigenvalue weighted by molar-refractivity contribution is 0.104. The number of carbonyl (C=O) groups is 1. The molecule has 3 rings (SSSR count). The van der Waals surface area contributed by atoms with Crippen molar-refractivity contribution < 1.29 is 4.79 Å². The molecule has 108 valence electrons. The summed E-state index contributed by atoms with van der Waals surface area (Å²) in [6.45, 7) is 1.85. The number of nitrogens with zero attached hydrogens (tertiary/aromatic N) is 1. The lowest BCUT2D eigenvalue weighted by Crippen LogP contribution is -2.03. The van der Waals surface area contributed by atoms with E-state index in [2.05, 4.69) is 20.9 Å². The summed E-state index contributed by atoms with van der Waals surface area (Å²) < 4.78 is 0.941. The number of halogens is 1. The zero-order valence-corrected chi connectivity index (χ0v) is 14.1. The number of aryl methyl sites for hydroxylation is 1. The van der Waals surface area contributed by atoms with Crippen LogP contribution in [-0.4, -0.2) is 10.8 Å². The minimum Gasteiger partial charge on any atom is -0.358 e. The number of para-hydroxylation sites is 1. The number of hydrogen-bond acceptors (Lipinski definition) is 3. The van der Waals surface area contributed by atoms with E-state index in [1.807, 2.05) is 48.7 Å².